The van der Waals surface area contributed by atoms with Crippen molar-refractivity contribution in [2.24, 2.45) is 5.92 Å². The first-order valence-corrected chi connectivity index (χ1v) is 11.8. The van der Waals surface area contributed by atoms with Crippen LogP contribution >= 0.6 is 0 Å². The summed E-state index contributed by atoms with van der Waals surface area (Å²) in [6.07, 6.45) is 5.48. The van der Waals surface area contributed by atoms with Crippen LogP contribution in [0.1, 0.15) is 53.0 Å². The van der Waals surface area contributed by atoms with Crippen molar-refractivity contribution in [1.82, 2.24) is 25.0 Å². The predicted molar refractivity (Wildman–Crippen MR) is 135 cm³/mol. The Bertz CT molecular complexity index is 1270. The molecule has 3 heterocycles. The van der Waals surface area contributed by atoms with Crippen LogP contribution in [-0.4, -0.2) is 49.7 Å². The topological polar surface area (TPSA) is 140 Å². The second-order valence-electron chi connectivity index (χ2n) is 9.44. The lowest BCUT2D eigenvalue weighted by Crippen LogP contribution is -2.31. The molecule has 0 fully saturated rings. The largest absolute Gasteiger partial charge is 0.479 e. The van der Waals surface area contributed by atoms with Gasteiger partial charge in [0.1, 0.15) is 17.4 Å². The van der Waals surface area contributed by atoms with Crippen molar-refractivity contribution in [2.75, 3.05) is 17.7 Å². The van der Waals surface area contributed by atoms with Gasteiger partial charge in [-0.15, -0.1) is 5.10 Å². The van der Waals surface area contributed by atoms with Gasteiger partial charge in [-0.3, -0.25) is 4.79 Å². The van der Waals surface area contributed by atoms with Crippen LogP contribution in [-0.2, 0) is 9.53 Å². The molecule has 2 atom stereocenters. The van der Waals surface area contributed by atoms with E-state index in [1.165, 1.54) is 24.2 Å². The summed E-state index contributed by atoms with van der Waals surface area (Å²) in [5.74, 6) is -0.726. The van der Waals surface area contributed by atoms with Gasteiger partial charge in [0, 0.05) is 6.04 Å². The number of nitrogens with zero attached hydrogens (tertiary/aromatic N) is 6. The van der Waals surface area contributed by atoms with Crippen molar-refractivity contribution in [1.29, 1.82) is 5.26 Å². The molecule has 0 aromatic carbocycles. The Balaban J connectivity index is 1.84. The molecule has 37 heavy (non-hydrogen) atoms. The summed E-state index contributed by atoms with van der Waals surface area (Å²) in [5.41, 5.74) is 0.398. The summed E-state index contributed by atoms with van der Waals surface area (Å²) in [7, 11) is 1.48. The smallest absolute Gasteiger partial charge is 0.306 e. The first kappa shape index (κ1) is 27.3. The number of esters is 1. The van der Waals surface area contributed by atoms with E-state index in [1.54, 1.807) is 12.3 Å². The molecular formula is C25H31FN8O3. The van der Waals surface area contributed by atoms with Crippen molar-refractivity contribution in [3.63, 3.8) is 0 Å². The third-order valence-corrected chi connectivity index (χ3v) is 5.50. The number of pyridine rings is 2. The molecule has 0 bridgehead atoms. The molecule has 196 valence electrons. The number of ether oxygens (including phenoxy) is 2. The molecule has 3 rings (SSSR count). The quantitative estimate of drug-likeness (QED) is 0.378. The van der Waals surface area contributed by atoms with Crippen molar-refractivity contribution in [3.05, 3.63) is 42.1 Å². The minimum absolute atomic E-state index is 0.00891. The van der Waals surface area contributed by atoms with Gasteiger partial charge < -0.3 is 20.1 Å². The third-order valence-electron chi connectivity index (χ3n) is 5.50. The van der Waals surface area contributed by atoms with Crippen LogP contribution in [0.25, 0.3) is 5.69 Å². The second kappa shape index (κ2) is 11.6. The van der Waals surface area contributed by atoms with E-state index in [4.69, 9.17) is 9.47 Å². The number of hydrogen-bond acceptors (Lipinski definition) is 10. The van der Waals surface area contributed by atoms with E-state index in [2.05, 4.69) is 30.9 Å². The molecule has 3 aromatic heterocycles. The highest BCUT2D eigenvalue weighted by Gasteiger charge is 2.25. The number of aromatic nitrogens is 5. The van der Waals surface area contributed by atoms with Gasteiger partial charge in [0.25, 0.3) is 0 Å². The van der Waals surface area contributed by atoms with Crippen LogP contribution < -0.4 is 15.4 Å². The normalized spacial score (nSPS) is 12.8. The maximum Gasteiger partial charge on any atom is 0.306 e. The fraction of sp³-hybridized carbons (Fsp3) is 0.440. The molecular weight excluding hydrogens is 479 g/mol. The van der Waals surface area contributed by atoms with E-state index in [9.17, 15) is 14.4 Å². The van der Waals surface area contributed by atoms with Crippen LogP contribution in [0.3, 0.4) is 0 Å². The van der Waals surface area contributed by atoms with E-state index in [0.717, 1.165) is 6.07 Å². The number of hydrogen-bond donors (Lipinski definition) is 2. The highest BCUT2D eigenvalue weighted by Crippen LogP contribution is 2.28. The molecule has 0 amide bonds. The van der Waals surface area contributed by atoms with Crippen LogP contribution in [0.15, 0.2) is 30.7 Å². The van der Waals surface area contributed by atoms with Gasteiger partial charge >= 0.3 is 5.97 Å². The highest BCUT2D eigenvalue weighted by molar-refractivity contribution is 5.70. The highest BCUT2D eigenvalue weighted by atomic mass is 19.1. The van der Waals surface area contributed by atoms with Crippen molar-refractivity contribution in [2.45, 2.75) is 59.1 Å². The molecule has 11 nitrogen and oxygen atoms in total. The summed E-state index contributed by atoms with van der Waals surface area (Å²) in [4.78, 5) is 20.9. The summed E-state index contributed by atoms with van der Waals surface area (Å²) in [6.45, 7) is 9.23. The summed E-state index contributed by atoms with van der Waals surface area (Å²) in [6, 6.07) is 4.45. The Morgan fingerprint density at radius 3 is 2.65 bits per heavy atom. The van der Waals surface area contributed by atoms with Crippen LogP contribution in [0.5, 0.6) is 5.88 Å². The molecule has 0 spiro atoms. The Labute approximate surface area is 215 Å². The Morgan fingerprint density at radius 2 is 2.05 bits per heavy atom. The Morgan fingerprint density at radius 1 is 1.30 bits per heavy atom. The van der Waals surface area contributed by atoms with E-state index in [1.807, 2.05) is 40.7 Å². The lowest BCUT2D eigenvalue weighted by molar-refractivity contribution is -0.156. The Kier molecular flexibility index (Phi) is 8.60. The van der Waals surface area contributed by atoms with E-state index in [0.29, 0.717) is 23.7 Å². The predicted octanol–water partition coefficient (Wildman–Crippen LogP) is 4.38. The maximum atomic E-state index is 14.9. The van der Waals surface area contributed by atoms with Gasteiger partial charge in [-0.25, -0.2) is 19.0 Å². The number of rotatable bonds is 10. The fourth-order valence-electron chi connectivity index (χ4n) is 3.68. The van der Waals surface area contributed by atoms with Gasteiger partial charge in [-0.1, -0.05) is 18.6 Å². The molecule has 0 radical (unpaired) electrons. The van der Waals surface area contributed by atoms with E-state index < -0.39 is 11.4 Å². The maximum absolute atomic E-state index is 14.9. The molecule has 0 aliphatic carbocycles. The van der Waals surface area contributed by atoms with Gasteiger partial charge in [-0.05, 0) is 45.7 Å². The zero-order chi connectivity index (χ0) is 27.2. The lowest BCUT2D eigenvalue weighted by atomic mass is 9.94. The van der Waals surface area contributed by atoms with Gasteiger partial charge in [-0.2, -0.15) is 5.26 Å². The number of methoxy groups -OCH3 is 1. The van der Waals surface area contributed by atoms with Gasteiger partial charge in [0.15, 0.2) is 17.5 Å². The number of nitriles is 1. The molecule has 0 aliphatic heterocycles. The number of nitrogens with one attached hydrogen (secondary N) is 2. The molecule has 0 saturated heterocycles. The zero-order valence-electron chi connectivity index (χ0n) is 21.7. The summed E-state index contributed by atoms with van der Waals surface area (Å²) < 4.78 is 27.1. The second-order valence-corrected chi connectivity index (χ2v) is 9.44. The fourth-order valence-corrected chi connectivity index (χ4v) is 3.68. The number of halogens is 1. The van der Waals surface area contributed by atoms with Crippen LogP contribution in [0.4, 0.5) is 21.7 Å². The SMILES string of the molecule is CC[C@H](CC(=O)OC(C)(C)C)[C@@H](C)Nc1nc(Nc2cnc(OC)c(-n3ccnn3)c2)c(C#N)cc1F. The third kappa shape index (κ3) is 7.13. The van der Waals surface area contributed by atoms with Gasteiger partial charge in [0.2, 0.25) is 5.88 Å². The average Bonchev–Trinajstić information content (AvgIpc) is 3.38. The van der Waals surface area contributed by atoms with Crippen LogP contribution in [0.2, 0.25) is 0 Å². The van der Waals surface area contributed by atoms with E-state index >= 15 is 0 Å². The van der Waals surface area contributed by atoms with E-state index in [-0.39, 0.29) is 41.5 Å². The van der Waals surface area contributed by atoms with Crippen molar-refractivity contribution < 1.29 is 18.7 Å². The molecule has 3 aromatic rings. The average molecular weight is 511 g/mol. The molecule has 0 unspecified atom stereocenters. The minimum Gasteiger partial charge on any atom is -0.479 e. The number of carbonyl (C=O) groups excluding carboxylic acids is 1. The molecule has 0 aliphatic rings. The molecule has 0 saturated carbocycles. The Hall–Kier alpha value is -4.27. The monoisotopic (exact) mass is 510 g/mol. The minimum atomic E-state index is -0.683. The lowest BCUT2D eigenvalue weighted by Gasteiger charge is -2.26. The van der Waals surface area contributed by atoms with Crippen LogP contribution in [0, 0.1) is 23.1 Å². The van der Waals surface area contributed by atoms with Crippen molar-refractivity contribution in [3.8, 4) is 17.6 Å². The standard InChI is InChI=1S/C25H31FN8O3/c1-7-16(11-21(35)37-25(3,4)5)15(2)30-23-19(26)10-17(13-27)22(32-23)31-18-12-20(24(36-6)28-14-18)34-9-8-29-33-34/h8-10,12,14-16H,7,11H2,1-6H3,(H2,30,31,32)/t15-,16-/m1/s1. The summed E-state index contributed by atoms with van der Waals surface area (Å²) in [5, 5.41) is 23.4. The number of anilines is 3. The summed E-state index contributed by atoms with van der Waals surface area (Å²) >= 11 is 0. The molecule has 2 N–H and O–H groups in total. The van der Waals surface area contributed by atoms with Crippen molar-refractivity contribution >= 4 is 23.3 Å². The number of carbonyl (C=O) groups is 1. The molecule has 12 heteroatoms. The first-order chi connectivity index (χ1) is 17.5. The van der Waals surface area contributed by atoms with Gasteiger partial charge in [0.05, 0.1) is 43.4 Å². The zero-order valence-corrected chi connectivity index (χ0v) is 21.7. The first-order valence-electron chi connectivity index (χ1n) is 11.8.